The summed E-state index contributed by atoms with van der Waals surface area (Å²) in [4.78, 5) is 0. The summed E-state index contributed by atoms with van der Waals surface area (Å²) in [6, 6.07) is 61.5. The normalized spacial score (nSPS) is 13.0. The van der Waals surface area contributed by atoms with Gasteiger partial charge in [-0.15, -0.1) is 0 Å². The Hall–Kier alpha value is -6.90. The van der Waals surface area contributed by atoms with Gasteiger partial charge < -0.3 is 9.13 Å². The average molecular weight is 913 g/mol. The standard InChI is InChI=1S/C68H68N2/c1-41-15-19-43(20-16-41)63-51-29-27-50(70-61-33-25-47(67(9,10)11)37-55(61)56-38-48(68(12,13)14)26-34-62(56)70)40-58(51)64(44-21-17-42(2)18-22-44)52-30-28-49(39-57(52)63)69-59-31-23-45(65(3,4)5)35-53(59)54-36-46(66(6,7)8)24-32-60(54)69/h15-40H,1-14H3. The fraction of sp³-hybridized carbons (Fsp3) is 0.265. The molecule has 0 fully saturated rings. The van der Waals surface area contributed by atoms with Crippen molar-refractivity contribution in [3.05, 3.63) is 191 Å². The maximum atomic E-state index is 2.51. The highest BCUT2D eigenvalue weighted by molar-refractivity contribution is 6.22. The summed E-state index contributed by atoms with van der Waals surface area (Å²) >= 11 is 0. The molecule has 0 saturated heterocycles. The maximum absolute atomic E-state index is 2.51. The van der Waals surface area contributed by atoms with Crippen molar-refractivity contribution >= 4 is 65.2 Å². The Morgan fingerprint density at radius 3 is 0.786 bits per heavy atom. The molecule has 0 saturated carbocycles. The van der Waals surface area contributed by atoms with Crippen LogP contribution in [0.2, 0.25) is 0 Å². The summed E-state index contributed by atoms with van der Waals surface area (Å²) in [5.74, 6) is 0. The van der Waals surface area contributed by atoms with Gasteiger partial charge in [0, 0.05) is 32.9 Å². The van der Waals surface area contributed by atoms with Gasteiger partial charge in [-0.25, -0.2) is 0 Å². The van der Waals surface area contributed by atoms with Gasteiger partial charge in [-0.2, -0.15) is 0 Å². The molecule has 0 N–H and O–H groups in total. The van der Waals surface area contributed by atoms with Crippen molar-refractivity contribution in [2.75, 3.05) is 0 Å². The molecule has 0 atom stereocenters. The van der Waals surface area contributed by atoms with Crippen LogP contribution in [-0.4, -0.2) is 9.13 Å². The van der Waals surface area contributed by atoms with Crippen molar-refractivity contribution in [3.8, 4) is 33.6 Å². The van der Waals surface area contributed by atoms with Crippen molar-refractivity contribution in [1.82, 2.24) is 9.13 Å². The van der Waals surface area contributed by atoms with Crippen LogP contribution in [0.4, 0.5) is 0 Å². The van der Waals surface area contributed by atoms with Gasteiger partial charge in [0.25, 0.3) is 0 Å². The Balaban J connectivity index is 1.24. The highest BCUT2D eigenvalue weighted by Crippen LogP contribution is 2.47. The second kappa shape index (κ2) is 15.8. The van der Waals surface area contributed by atoms with Crippen LogP contribution < -0.4 is 0 Å². The highest BCUT2D eigenvalue weighted by atomic mass is 15.0. The quantitative estimate of drug-likeness (QED) is 0.156. The van der Waals surface area contributed by atoms with Gasteiger partial charge in [0.15, 0.2) is 0 Å². The summed E-state index contributed by atoms with van der Waals surface area (Å²) in [6.07, 6.45) is 0. The molecule has 0 aliphatic carbocycles. The van der Waals surface area contributed by atoms with Crippen LogP contribution in [0, 0.1) is 13.8 Å². The minimum absolute atomic E-state index is 0.0244. The average Bonchev–Trinajstić information content (AvgIpc) is 3.81. The SMILES string of the molecule is Cc1ccc(-c2c3ccc(-n4c5ccc(C(C)(C)C)cc5c5cc(C(C)(C)C)ccc54)cc3c(-c3ccc(C)cc3)c3ccc(-n4c5ccc(C(C)(C)C)cc5c5cc(C(C)(C)C)ccc54)cc23)cc1. The summed E-state index contributed by atoms with van der Waals surface area (Å²) in [6.45, 7) is 32.2. The van der Waals surface area contributed by atoms with Gasteiger partial charge in [-0.3, -0.25) is 0 Å². The van der Waals surface area contributed by atoms with Crippen LogP contribution in [0.5, 0.6) is 0 Å². The smallest absolute Gasteiger partial charge is 0.0541 e. The van der Waals surface area contributed by atoms with E-state index in [0.29, 0.717) is 0 Å². The topological polar surface area (TPSA) is 9.86 Å². The predicted octanol–water partition coefficient (Wildman–Crippen LogP) is 19.3. The number of hydrogen-bond donors (Lipinski definition) is 0. The first-order valence-corrected chi connectivity index (χ1v) is 25.4. The summed E-state index contributed by atoms with van der Waals surface area (Å²) in [5, 5.41) is 10.2. The lowest BCUT2D eigenvalue weighted by molar-refractivity contribution is 0.590. The second-order valence-corrected chi connectivity index (χ2v) is 24.5. The maximum Gasteiger partial charge on any atom is 0.0541 e. The molecule has 9 aromatic carbocycles. The summed E-state index contributed by atoms with van der Waals surface area (Å²) < 4.78 is 5.03. The van der Waals surface area contributed by atoms with E-state index in [-0.39, 0.29) is 21.7 Å². The minimum atomic E-state index is 0.0244. The Bertz CT molecular complexity index is 3490. The van der Waals surface area contributed by atoms with E-state index in [0.717, 1.165) is 11.4 Å². The zero-order valence-corrected chi connectivity index (χ0v) is 43.9. The number of fused-ring (bicyclic) bond motifs is 8. The molecule has 2 aromatic heterocycles. The van der Waals surface area contributed by atoms with Gasteiger partial charge >= 0.3 is 0 Å². The first-order chi connectivity index (χ1) is 33.0. The first-order valence-electron chi connectivity index (χ1n) is 25.4. The van der Waals surface area contributed by atoms with Gasteiger partial charge in [0.05, 0.1) is 22.1 Å². The largest absolute Gasteiger partial charge is 0.309 e. The highest BCUT2D eigenvalue weighted by Gasteiger charge is 2.25. The molecule has 2 heterocycles. The van der Waals surface area contributed by atoms with Crippen LogP contribution in [0.15, 0.2) is 158 Å². The molecule has 11 aromatic rings. The zero-order chi connectivity index (χ0) is 49.4. The lowest BCUT2D eigenvalue weighted by Gasteiger charge is -2.21. The van der Waals surface area contributed by atoms with Gasteiger partial charge in [-0.1, -0.05) is 179 Å². The van der Waals surface area contributed by atoms with E-state index < -0.39 is 0 Å². The van der Waals surface area contributed by atoms with E-state index in [1.165, 1.54) is 121 Å². The Morgan fingerprint density at radius 2 is 0.529 bits per heavy atom. The van der Waals surface area contributed by atoms with E-state index in [1.807, 2.05) is 0 Å². The fourth-order valence-corrected chi connectivity index (χ4v) is 11.0. The zero-order valence-electron chi connectivity index (χ0n) is 43.9. The van der Waals surface area contributed by atoms with Crippen LogP contribution in [0.3, 0.4) is 0 Å². The van der Waals surface area contributed by atoms with Crippen LogP contribution >= 0.6 is 0 Å². The monoisotopic (exact) mass is 913 g/mol. The molecule has 70 heavy (non-hydrogen) atoms. The molecule has 0 aliphatic rings. The van der Waals surface area contributed by atoms with Gasteiger partial charge in [-0.05, 0) is 174 Å². The van der Waals surface area contributed by atoms with Crippen LogP contribution in [0.1, 0.15) is 116 Å². The van der Waals surface area contributed by atoms with Crippen LogP contribution in [0.25, 0.3) is 98.8 Å². The molecule has 0 amide bonds. The Kier molecular flexibility index (Phi) is 10.3. The minimum Gasteiger partial charge on any atom is -0.309 e. The number of aromatic nitrogens is 2. The van der Waals surface area contributed by atoms with E-state index in [9.17, 15) is 0 Å². The van der Waals surface area contributed by atoms with Crippen molar-refractivity contribution in [2.45, 2.75) is 119 Å². The second-order valence-electron chi connectivity index (χ2n) is 24.5. The number of nitrogens with zero attached hydrogens (tertiary/aromatic N) is 2. The van der Waals surface area contributed by atoms with Gasteiger partial charge in [0.1, 0.15) is 0 Å². The Morgan fingerprint density at radius 1 is 0.257 bits per heavy atom. The summed E-state index contributed by atoms with van der Waals surface area (Å²) in [7, 11) is 0. The van der Waals surface area contributed by atoms with Crippen LogP contribution in [-0.2, 0) is 21.7 Å². The van der Waals surface area contributed by atoms with E-state index in [4.69, 9.17) is 0 Å². The molecule has 0 radical (unpaired) electrons. The fourth-order valence-electron chi connectivity index (χ4n) is 11.0. The molecular weight excluding hydrogens is 845 g/mol. The molecule has 2 heteroatoms. The number of aryl methyl sites for hydroxylation is 2. The molecule has 11 rings (SSSR count). The predicted molar refractivity (Wildman–Crippen MR) is 305 cm³/mol. The van der Waals surface area contributed by atoms with E-state index in [2.05, 4.69) is 264 Å². The van der Waals surface area contributed by atoms with Crippen molar-refractivity contribution in [3.63, 3.8) is 0 Å². The number of benzene rings is 9. The summed E-state index contributed by atoms with van der Waals surface area (Å²) in [5.41, 5.74) is 20.2. The number of hydrogen-bond acceptors (Lipinski definition) is 0. The molecule has 0 aliphatic heterocycles. The van der Waals surface area contributed by atoms with Crippen molar-refractivity contribution < 1.29 is 0 Å². The third-order valence-corrected chi connectivity index (χ3v) is 15.3. The third kappa shape index (κ3) is 7.54. The molecule has 2 nitrogen and oxygen atoms in total. The van der Waals surface area contributed by atoms with Crippen molar-refractivity contribution in [1.29, 1.82) is 0 Å². The molecule has 350 valence electrons. The van der Waals surface area contributed by atoms with Gasteiger partial charge in [0.2, 0.25) is 0 Å². The molecular formula is C68H68N2. The number of rotatable bonds is 4. The third-order valence-electron chi connectivity index (χ3n) is 15.3. The van der Waals surface area contributed by atoms with E-state index in [1.54, 1.807) is 0 Å². The molecule has 0 bridgehead atoms. The van der Waals surface area contributed by atoms with E-state index >= 15 is 0 Å². The Labute approximate surface area is 415 Å². The molecule has 0 unspecified atom stereocenters. The molecule has 0 spiro atoms. The lowest BCUT2D eigenvalue weighted by Crippen LogP contribution is -2.10. The lowest BCUT2D eigenvalue weighted by atomic mass is 9.85. The first kappa shape index (κ1) is 45.5. The van der Waals surface area contributed by atoms with Crippen molar-refractivity contribution in [2.24, 2.45) is 0 Å².